The third-order valence-electron chi connectivity index (χ3n) is 4.48. The number of anilines is 1. The molecule has 0 radical (unpaired) electrons. The van der Waals surface area contributed by atoms with Crippen LogP contribution in [0.15, 0.2) is 58.7 Å². The summed E-state index contributed by atoms with van der Waals surface area (Å²) in [6.07, 6.45) is 9.73. The van der Waals surface area contributed by atoms with Crippen molar-refractivity contribution in [2.75, 3.05) is 5.01 Å². The Morgan fingerprint density at radius 2 is 2.12 bits per heavy atom. The minimum atomic E-state index is -1.05. The maximum absolute atomic E-state index is 11.7. The number of halogens is 3. The fourth-order valence-electron chi connectivity index (χ4n) is 3.14. The monoisotopic (exact) mass is 396 g/mol. The molecule has 1 unspecified atom stereocenters. The minimum absolute atomic E-state index is 0.0831. The maximum Gasteiger partial charge on any atom is 0.352 e. The van der Waals surface area contributed by atoms with Crippen molar-refractivity contribution < 1.29 is 9.90 Å². The summed E-state index contributed by atoms with van der Waals surface area (Å²) in [6.45, 7) is 1.85. The van der Waals surface area contributed by atoms with E-state index in [0.717, 1.165) is 0 Å². The molecule has 0 fully saturated rings. The minimum Gasteiger partial charge on any atom is -0.477 e. The van der Waals surface area contributed by atoms with Gasteiger partial charge in [0, 0.05) is 16.0 Å². The van der Waals surface area contributed by atoms with Crippen LogP contribution >= 0.6 is 34.8 Å². The van der Waals surface area contributed by atoms with Gasteiger partial charge in [0.1, 0.15) is 0 Å². The third-order valence-corrected chi connectivity index (χ3v) is 5.27. The van der Waals surface area contributed by atoms with E-state index in [1.807, 2.05) is 25.2 Å². The van der Waals surface area contributed by atoms with Gasteiger partial charge in [-0.15, -0.1) is 0 Å². The number of carbonyl (C=O) groups is 1. The van der Waals surface area contributed by atoms with Gasteiger partial charge in [-0.1, -0.05) is 60.0 Å². The predicted molar refractivity (Wildman–Crippen MR) is 103 cm³/mol. The van der Waals surface area contributed by atoms with Gasteiger partial charge in [-0.05, 0) is 36.8 Å². The molecule has 7 heteroatoms. The van der Waals surface area contributed by atoms with E-state index in [1.165, 1.54) is 0 Å². The maximum atomic E-state index is 11.7. The number of hydrazone groups is 1. The van der Waals surface area contributed by atoms with Gasteiger partial charge in [-0.3, -0.25) is 5.01 Å². The fraction of sp³-hybridized carbons (Fsp3) is 0.222. The molecule has 0 saturated carbocycles. The quantitative estimate of drug-likeness (QED) is 0.740. The van der Waals surface area contributed by atoms with Crippen molar-refractivity contribution >= 4 is 52.2 Å². The van der Waals surface area contributed by atoms with Gasteiger partial charge in [-0.25, -0.2) is 4.79 Å². The zero-order chi connectivity index (χ0) is 18.2. The summed E-state index contributed by atoms with van der Waals surface area (Å²) >= 11 is 18.4. The van der Waals surface area contributed by atoms with Crippen LogP contribution in [0.2, 0.25) is 10.0 Å². The molecule has 130 valence electrons. The number of carboxylic acids is 1. The highest BCUT2D eigenvalue weighted by molar-refractivity contribution is 6.39. The van der Waals surface area contributed by atoms with Crippen LogP contribution in [-0.4, -0.2) is 22.3 Å². The summed E-state index contributed by atoms with van der Waals surface area (Å²) in [7, 11) is 0. The van der Waals surface area contributed by atoms with E-state index in [-0.39, 0.29) is 11.6 Å². The van der Waals surface area contributed by atoms with E-state index in [9.17, 15) is 9.90 Å². The number of benzene rings is 1. The lowest BCUT2D eigenvalue weighted by Gasteiger charge is -2.38. The summed E-state index contributed by atoms with van der Waals surface area (Å²) in [4.78, 5) is 11.7. The molecule has 2 aliphatic rings. The van der Waals surface area contributed by atoms with Gasteiger partial charge in [-0.2, -0.15) is 5.10 Å². The van der Waals surface area contributed by atoms with Crippen LogP contribution in [0, 0.1) is 5.92 Å². The Morgan fingerprint density at radius 1 is 1.36 bits per heavy atom. The highest BCUT2D eigenvalue weighted by Crippen LogP contribution is 2.44. The second-order valence-electron chi connectivity index (χ2n) is 5.93. The SMILES string of the molecule is C[C@@H]1C(C(=O)O)=NN(c2ccc(Cl)cc2Cl)C12/C=C/C=C(Cl)\C=C/C2. The average Bonchev–Trinajstić information content (AvgIpc) is 2.80. The van der Waals surface area contributed by atoms with Gasteiger partial charge in [0.15, 0.2) is 5.71 Å². The molecule has 1 aliphatic heterocycles. The second kappa shape index (κ2) is 6.87. The van der Waals surface area contributed by atoms with E-state index in [1.54, 1.807) is 35.4 Å². The number of allylic oxidation sites excluding steroid dienone is 4. The van der Waals surface area contributed by atoms with Gasteiger partial charge in [0.05, 0.1) is 16.2 Å². The molecule has 0 bridgehead atoms. The molecule has 3 rings (SSSR count). The molecule has 4 nitrogen and oxygen atoms in total. The van der Waals surface area contributed by atoms with E-state index < -0.39 is 11.5 Å². The van der Waals surface area contributed by atoms with Crippen LogP contribution in [0.25, 0.3) is 0 Å². The molecule has 1 aromatic carbocycles. The Hall–Kier alpha value is -1.75. The highest BCUT2D eigenvalue weighted by atomic mass is 35.5. The summed E-state index contributed by atoms with van der Waals surface area (Å²) in [5.74, 6) is -1.41. The lowest BCUT2D eigenvalue weighted by atomic mass is 9.78. The molecule has 1 spiro atoms. The molecule has 0 saturated heterocycles. The number of hydrogen-bond acceptors (Lipinski definition) is 3. The first-order valence-electron chi connectivity index (χ1n) is 7.64. The first-order valence-corrected chi connectivity index (χ1v) is 8.77. The van der Waals surface area contributed by atoms with E-state index in [0.29, 0.717) is 27.2 Å². The van der Waals surface area contributed by atoms with Gasteiger partial charge in [0.25, 0.3) is 0 Å². The topological polar surface area (TPSA) is 52.9 Å². The van der Waals surface area contributed by atoms with Gasteiger partial charge in [0.2, 0.25) is 0 Å². The Bertz CT molecular complexity index is 845. The predicted octanol–water partition coefficient (Wildman–Crippen LogP) is 5.27. The Labute approximate surface area is 160 Å². The van der Waals surface area contributed by atoms with Crippen molar-refractivity contribution in [1.29, 1.82) is 0 Å². The largest absolute Gasteiger partial charge is 0.477 e. The molecule has 1 heterocycles. The molecular weight excluding hydrogens is 383 g/mol. The molecule has 1 aliphatic carbocycles. The number of nitrogens with zero attached hydrogens (tertiary/aromatic N) is 2. The average molecular weight is 398 g/mol. The van der Waals surface area contributed by atoms with Crippen molar-refractivity contribution in [3.05, 3.63) is 63.7 Å². The lowest BCUT2D eigenvalue weighted by Crippen LogP contribution is -2.47. The normalized spacial score (nSPS) is 30.2. The number of carboxylic acid groups (broad SMARTS) is 1. The van der Waals surface area contributed by atoms with Gasteiger partial charge >= 0.3 is 5.97 Å². The molecule has 25 heavy (non-hydrogen) atoms. The Kier molecular flexibility index (Phi) is 4.96. The number of hydrogen-bond donors (Lipinski definition) is 1. The second-order valence-corrected chi connectivity index (χ2v) is 7.21. The third kappa shape index (κ3) is 3.22. The van der Waals surface area contributed by atoms with Crippen molar-refractivity contribution in [1.82, 2.24) is 0 Å². The smallest absolute Gasteiger partial charge is 0.352 e. The molecule has 2 atom stereocenters. The summed E-state index contributed by atoms with van der Waals surface area (Å²) in [5.41, 5.74) is -0.0157. The van der Waals surface area contributed by atoms with Crippen molar-refractivity contribution in [3.8, 4) is 0 Å². The fourth-order valence-corrected chi connectivity index (χ4v) is 3.79. The van der Waals surface area contributed by atoms with Crippen LogP contribution in [0.5, 0.6) is 0 Å². The Balaban J connectivity index is 2.18. The van der Waals surface area contributed by atoms with Crippen molar-refractivity contribution in [3.63, 3.8) is 0 Å². The lowest BCUT2D eigenvalue weighted by molar-refractivity contribution is -0.129. The highest BCUT2D eigenvalue weighted by Gasteiger charge is 2.49. The number of rotatable bonds is 2. The van der Waals surface area contributed by atoms with Crippen molar-refractivity contribution in [2.24, 2.45) is 11.0 Å². The zero-order valence-electron chi connectivity index (χ0n) is 13.3. The van der Waals surface area contributed by atoms with Crippen LogP contribution in [0.4, 0.5) is 5.69 Å². The molecule has 0 aromatic heterocycles. The van der Waals surface area contributed by atoms with Crippen LogP contribution in [0.1, 0.15) is 13.3 Å². The van der Waals surface area contributed by atoms with E-state index in [2.05, 4.69) is 5.10 Å². The van der Waals surface area contributed by atoms with E-state index in [4.69, 9.17) is 34.8 Å². The molecular formula is C18H15Cl3N2O2. The first-order chi connectivity index (χ1) is 11.8. The number of aliphatic carboxylic acids is 1. The van der Waals surface area contributed by atoms with E-state index >= 15 is 0 Å². The van der Waals surface area contributed by atoms with Crippen molar-refractivity contribution in [2.45, 2.75) is 18.9 Å². The van der Waals surface area contributed by atoms with Crippen LogP contribution in [0.3, 0.4) is 0 Å². The van der Waals surface area contributed by atoms with Gasteiger partial charge < -0.3 is 5.11 Å². The molecule has 0 amide bonds. The zero-order valence-corrected chi connectivity index (χ0v) is 15.6. The molecule has 1 aromatic rings. The summed E-state index contributed by atoms with van der Waals surface area (Å²) in [6, 6.07) is 5.06. The van der Waals surface area contributed by atoms with Crippen LogP contribution < -0.4 is 5.01 Å². The Morgan fingerprint density at radius 3 is 2.80 bits per heavy atom. The first kappa shape index (κ1) is 18.1. The molecule has 1 N–H and O–H groups in total. The standard InChI is InChI=1S/C18H15Cl3N2O2/c1-11-16(17(24)25)22-23(15-7-6-13(20)10-14(15)21)18(11)8-2-4-12(19)5-3-9-18/h2-8,10-11H,9H2,1H3,(H,24,25)/b5-3-,8-2+,12-4+/t11-,18?/m1/s1. The van der Waals surface area contributed by atoms with Crippen LogP contribution in [-0.2, 0) is 4.79 Å². The summed E-state index contributed by atoms with van der Waals surface area (Å²) < 4.78 is 0. The summed E-state index contributed by atoms with van der Waals surface area (Å²) in [5, 5.41) is 17.1.